The molecule has 0 aliphatic rings. The standard InChI is InChI=1S/C22H21F2N5O3S/c1-12-17(14(3)32-28-12)11-31-16-6-4-15(5-7-16)10-18(30)27-22-26-13(2)19(33-22)20-25-8-9-29(20)21(23)24/h4-9,21H,10-11H2,1-3H3,(H,26,27,30). The van der Waals surface area contributed by atoms with E-state index >= 15 is 0 Å². The number of nitrogens with one attached hydrogen (secondary N) is 1. The summed E-state index contributed by atoms with van der Waals surface area (Å²) in [6, 6.07) is 7.19. The molecule has 0 saturated heterocycles. The average Bonchev–Trinajstić information content (AvgIpc) is 3.47. The van der Waals surface area contributed by atoms with E-state index in [0.717, 1.165) is 38.5 Å². The van der Waals surface area contributed by atoms with Crippen molar-refractivity contribution < 1.29 is 22.8 Å². The van der Waals surface area contributed by atoms with E-state index in [4.69, 9.17) is 9.26 Å². The zero-order valence-corrected chi connectivity index (χ0v) is 18.9. The number of ether oxygens (including phenoxy) is 1. The third-order valence-electron chi connectivity index (χ3n) is 4.98. The Hall–Kier alpha value is -3.60. The van der Waals surface area contributed by atoms with Gasteiger partial charge in [-0.15, -0.1) is 0 Å². The van der Waals surface area contributed by atoms with E-state index in [2.05, 4.69) is 20.4 Å². The Bertz CT molecular complexity index is 1240. The van der Waals surface area contributed by atoms with Gasteiger partial charge in [0.1, 0.15) is 18.1 Å². The fraction of sp³-hybridized carbons (Fsp3) is 0.273. The van der Waals surface area contributed by atoms with Gasteiger partial charge in [-0.2, -0.15) is 8.78 Å². The first-order valence-electron chi connectivity index (χ1n) is 10.0. The lowest BCUT2D eigenvalue weighted by atomic mass is 10.1. The second-order valence-corrected chi connectivity index (χ2v) is 8.33. The Labute approximate surface area is 192 Å². The second-order valence-electron chi connectivity index (χ2n) is 7.33. The molecule has 3 aromatic heterocycles. The van der Waals surface area contributed by atoms with Gasteiger partial charge in [0, 0.05) is 12.4 Å². The van der Waals surface area contributed by atoms with Crippen molar-refractivity contribution >= 4 is 22.4 Å². The third-order valence-corrected chi connectivity index (χ3v) is 6.05. The number of benzene rings is 1. The van der Waals surface area contributed by atoms with Crippen molar-refractivity contribution in [3.63, 3.8) is 0 Å². The molecule has 1 N–H and O–H groups in total. The molecular formula is C22H21F2N5O3S. The van der Waals surface area contributed by atoms with Gasteiger partial charge in [0.25, 0.3) is 0 Å². The van der Waals surface area contributed by atoms with Gasteiger partial charge in [0.2, 0.25) is 5.91 Å². The lowest BCUT2D eigenvalue weighted by Crippen LogP contribution is -2.14. The molecule has 172 valence electrons. The molecule has 4 aromatic rings. The topological polar surface area (TPSA) is 95.1 Å². The molecule has 33 heavy (non-hydrogen) atoms. The number of anilines is 1. The molecule has 0 radical (unpaired) electrons. The van der Waals surface area contributed by atoms with Gasteiger partial charge in [-0.1, -0.05) is 28.6 Å². The molecule has 0 atom stereocenters. The molecule has 0 unspecified atom stereocenters. The maximum Gasteiger partial charge on any atom is 0.320 e. The van der Waals surface area contributed by atoms with Crippen LogP contribution in [0.3, 0.4) is 0 Å². The number of thiazole rings is 1. The summed E-state index contributed by atoms with van der Waals surface area (Å²) in [5.41, 5.74) is 3.01. The number of hydrogen-bond donors (Lipinski definition) is 1. The summed E-state index contributed by atoms with van der Waals surface area (Å²) in [6.07, 6.45) is 2.64. The minimum Gasteiger partial charge on any atom is -0.489 e. The van der Waals surface area contributed by atoms with E-state index in [1.807, 2.05) is 13.8 Å². The number of nitrogens with zero attached hydrogens (tertiary/aromatic N) is 4. The molecule has 0 aliphatic heterocycles. The van der Waals surface area contributed by atoms with Crippen molar-refractivity contribution in [3.8, 4) is 16.5 Å². The molecule has 11 heteroatoms. The first-order chi connectivity index (χ1) is 15.8. The third kappa shape index (κ3) is 5.08. The van der Waals surface area contributed by atoms with Crippen LogP contribution in [0.5, 0.6) is 5.75 Å². The normalized spacial score (nSPS) is 11.2. The molecule has 0 bridgehead atoms. The Morgan fingerprint density at radius 1 is 1.21 bits per heavy atom. The molecule has 3 heterocycles. The fourth-order valence-corrected chi connectivity index (χ4v) is 4.20. The predicted octanol–water partition coefficient (Wildman–Crippen LogP) is 5.08. The van der Waals surface area contributed by atoms with Crippen LogP contribution < -0.4 is 10.1 Å². The van der Waals surface area contributed by atoms with Gasteiger partial charge in [-0.25, -0.2) is 9.97 Å². The lowest BCUT2D eigenvalue weighted by molar-refractivity contribution is -0.115. The highest BCUT2D eigenvalue weighted by Crippen LogP contribution is 2.33. The number of amides is 1. The van der Waals surface area contributed by atoms with Crippen LogP contribution >= 0.6 is 11.3 Å². The number of hydrogen-bond acceptors (Lipinski definition) is 7. The number of aromatic nitrogens is 4. The predicted molar refractivity (Wildman–Crippen MR) is 118 cm³/mol. The number of carbonyl (C=O) groups excluding carboxylic acids is 1. The van der Waals surface area contributed by atoms with Crippen LogP contribution in [0.2, 0.25) is 0 Å². The van der Waals surface area contributed by atoms with E-state index in [-0.39, 0.29) is 18.2 Å². The summed E-state index contributed by atoms with van der Waals surface area (Å²) in [7, 11) is 0. The van der Waals surface area contributed by atoms with Gasteiger partial charge in [-0.05, 0) is 38.5 Å². The SMILES string of the molecule is Cc1nc(NC(=O)Cc2ccc(OCc3c(C)noc3C)cc2)sc1-c1nccn1C(F)F. The van der Waals surface area contributed by atoms with Crippen LogP contribution in [0.4, 0.5) is 13.9 Å². The zero-order valence-electron chi connectivity index (χ0n) is 18.1. The van der Waals surface area contributed by atoms with Crippen molar-refractivity contribution in [2.45, 2.75) is 40.3 Å². The maximum atomic E-state index is 13.1. The zero-order chi connectivity index (χ0) is 23.5. The van der Waals surface area contributed by atoms with Gasteiger partial charge in [-0.3, -0.25) is 9.36 Å². The highest BCUT2D eigenvalue weighted by atomic mass is 32.1. The quantitative estimate of drug-likeness (QED) is 0.384. The van der Waals surface area contributed by atoms with Crippen molar-refractivity contribution in [3.05, 3.63) is 64.9 Å². The lowest BCUT2D eigenvalue weighted by Gasteiger charge is -2.07. The number of rotatable bonds is 8. The van der Waals surface area contributed by atoms with Crippen molar-refractivity contribution in [1.29, 1.82) is 0 Å². The molecule has 0 aliphatic carbocycles. The maximum absolute atomic E-state index is 13.1. The van der Waals surface area contributed by atoms with E-state index in [1.54, 1.807) is 31.2 Å². The Balaban J connectivity index is 1.36. The van der Waals surface area contributed by atoms with Gasteiger partial charge < -0.3 is 14.6 Å². The monoisotopic (exact) mass is 473 g/mol. The first-order valence-corrected chi connectivity index (χ1v) is 10.9. The largest absolute Gasteiger partial charge is 0.489 e. The minimum absolute atomic E-state index is 0.118. The van der Waals surface area contributed by atoms with Crippen LogP contribution in [-0.2, 0) is 17.8 Å². The Morgan fingerprint density at radius 3 is 2.64 bits per heavy atom. The Morgan fingerprint density at radius 2 is 1.97 bits per heavy atom. The molecule has 0 spiro atoms. The molecule has 1 amide bonds. The van der Waals surface area contributed by atoms with E-state index in [0.29, 0.717) is 28.1 Å². The molecular weight excluding hydrogens is 452 g/mol. The van der Waals surface area contributed by atoms with Crippen LogP contribution in [0.25, 0.3) is 10.7 Å². The number of alkyl halides is 2. The van der Waals surface area contributed by atoms with Crippen LogP contribution in [0.1, 0.15) is 34.8 Å². The molecule has 1 aromatic carbocycles. The Kier molecular flexibility index (Phi) is 6.50. The molecule has 8 nitrogen and oxygen atoms in total. The molecule has 4 rings (SSSR count). The summed E-state index contributed by atoms with van der Waals surface area (Å²) >= 11 is 1.11. The summed E-state index contributed by atoms with van der Waals surface area (Å²) in [4.78, 5) is 21.2. The van der Waals surface area contributed by atoms with Crippen LogP contribution in [0, 0.1) is 20.8 Å². The summed E-state index contributed by atoms with van der Waals surface area (Å²) < 4.78 is 38.0. The highest BCUT2D eigenvalue weighted by molar-refractivity contribution is 7.19. The molecule has 0 fully saturated rings. The smallest absolute Gasteiger partial charge is 0.320 e. The van der Waals surface area contributed by atoms with E-state index in [1.165, 1.54) is 12.4 Å². The highest BCUT2D eigenvalue weighted by Gasteiger charge is 2.19. The van der Waals surface area contributed by atoms with Crippen molar-refractivity contribution in [1.82, 2.24) is 19.7 Å². The van der Waals surface area contributed by atoms with Crippen molar-refractivity contribution in [2.75, 3.05) is 5.32 Å². The van der Waals surface area contributed by atoms with Crippen LogP contribution in [-0.4, -0.2) is 25.6 Å². The summed E-state index contributed by atoms with van der Waals surface area (Å²) in [5.74, 6) is 1.23. The van der Waals surface area contributed by atoms with Gasteiger partial charge >= 0.3 is 6.55 Å². The first kappa shape index (κ1) is 22.6. The summed E-state index contributed by atoms with van der Waals surface area (Å²) in [5, 5.41) is 6.96. The molecule has 0 saturated carbocycles. The van der Waals surface area contributed by atoms with Crippen LogP contribution in [0.15, 0.2) is 41.2 Å². The second kappa shape index (κ2) is 9.49. The van der Waals surface area contributed by atoms with Crippen molar-refractivity contribution in [2.24, 2.45) is 0 Å². The van der Waals surface area contributed by atoms with Gasteiger partial charge in [0.15, 0.2) is 11.0 Å². The minimum atomic E-state index is -2.71. The fourth-order valence-electron chi connectivity index (χ4n) is 3.22. The number of carbonyl (C=O) groups is 1. The van der Waals surface area contributed by atoms with E-state index in [9.17, 15) is 13.6 Å². The van der Waals surface area contributed by atoms with Gasteiger partial charge in [0.05, 0.1) is 28.2 Å². The van der Waals surface area contributed by atoms with E-state index < -0.39 is 6.55 Å². The number of halogens is 2. The summed E-state index contributed by atoms with van der Waals surface area (Å²) in [6.45, 7) is 3.01. The number of imidazole rings is 1. The number of aryl methyl sites for hydroxylation is 3. The average molecular weight is 474 g/mol.